The summed E-state index contributed by atoms with van der Waals surface area (Å²) in [7, 11) is 3.45. The standard InChI is InChI=1S/C20H20Cl2O4S2/c21-27(23,24)17-11-9-13-5-1-3-7-15(13)19(17)20-16-8-4-2-6-14(16)10-12-18(20)28(22,25)26/h9-12H,1-8H2. The highest BCUT2D eigenvalue weighted by molar-refractivity contribution is 8.14. The van der Waals surface area contributed by atoms with E-state index in [1.165, 1.54) is 12.1 Å². The highest BCUT2D eigenvalue weighted by Gasteiger charge is 2.31. The summed E-state index contributed by atoms with van der Waals surface area (Å²) in [5, 5.41) is 0. The molecule has 0 amide bonds. The molecule has 0 bridgehead atoms. The van der Waals surface area contributed by atoms with Gasteiger partial charge in [0.05, 0.1) is 9.79 Å². The van der Waals surface area contributed by atoms with Gasteiger partial charge in [-0.1, -0.05) is 12.1 Å². The van der Waals surface area contributed by atoms with Crippen LogP contribution in [-0.4, -0.2) is 16.8 Å². The third-order valence-corrected chi connectivity index (χ3v) is 8.49. The monoisotopic (exact) mass is 458 g/mol. The number of hydrogen-bond donors (Lipinski definition) is 0. The zero-order chi connectivity index (χ0) is 20.1. The smallest absolute Gasteiger partial charge is 0.207 e. The van der Waals surface area contributed by atoms with Gasteiger partial charge in [0.15, 0.2) is 0 Å². The zero-order valence-corrected chi connectivity index (χ0v) is 18.3. The van der Waals surface area contributed by atoms with Gasteiger partial charge in [0, 0.05) is 32.5 Å². The highest BCUT2D eigenvalue weighted by atomic mass is 35.7. The Hall–Kier alpha value is -1.08. The fourth-order valence-electron chi connectivity index (χ4n) is 4.57. The summed E-state index contributed by atoms with van der Waals surface area (Å²) in [5.74, 6) is 0. The van der Waals surface area contributed by atoms with Crippen LogP contribution < -0.4 is 0 Å². The van der Waals surface area contributed by atoms with Crippen molar-refractivity contribution >= 4 is 39.5 Å². The summed E-state index contributed by atoms with van der Waals surface area (Å²) >= 11 is 0. The van der Waals surface area contributed by atoms with Crippen molar-refractivity contribution in [3.8, 4) is 11.1 Å². The van der Waals surface area contributed by atoms with Gasteiger partial charge >= 0.3 is 0 Å². The summed E-state index contributed by atoms with van der Waals surface area (Å²) < 4.78 is 49.7. The number of benzene rings is 2. The third kappa shape index (κ3) is 3.60. The Morgan fingerprint density at radius 3 is 1.29 bits per heavy atom. The van der Waals surface area contributed by atoms with Crippen molar-refractivity contribution in [1.82, 2.24) is 0 Å². The van der Waals surface area contributed by atoms with Gasteiger partial charge in [-0.3, -0.25) is 0 Å². The molecule has 0 heterocycles. The molecule has 0 fully saturated rings. The minimum Gasteiger partial charge on any atom is -0.207 e. The molecule has 0 radical (unpaired) electrons. The molecular formula is C20H20Cl2O4S2. The Bertz CT molecular complexity index is 1080. The van der Waals surface area contributed by atoms with E-state index in [4.69, 9.17) is 21.4 Å². The van der Waals surface area contributed by atoms with E-state index in [2.05, 4.69) is 0 Å². The van der Waals surface area contributed by atoms with Gasteiger partial charge < -0.3 is 0 Å². The molecule has 0 unspecified atom stereocenters. The topological polar surface area (TPSA) is 68.3 Å². The number of halogens is 2. The summed E-state index contributed by atoms with van der Waals surface area (Å²) in [4.78, 5) is -0.0642. The Morgan fingerprint density at radius 2 is 0.929 bits per heavy atom. The molecule has 0 saturated carbocycles. The van der Waals surface area contributed by atoms with Gasteiger partial charge in [-0.15, -0.1) is 0 Å². The summed E-state index contributed by atoms with van der Waals surface area (Å²) in [6.07, 6.45) is 6.94. The van der Waals surface area contributed by atoms with Crippen molar-refractivity contribution in [1.29, 1.82) is 0 Å². The highest BCUT2D eigenvalue weighted by Crippen LogP contribution is 2.45. The van der Waals surface area contributed by atoms with Crippen LogP contribution in [0.3, 0.4) is 0 Å². The number of rotatable bonds is 3. The van der Waals surface area contributed by atoms with Crippen molar-refractivity contribution < 1.29 is 16.8 Å². The van der Waals surface area contributed by atoms with Crippen LogP contribution in [0.25, 0.3) is 11.1 Å². The number of hydrogen-bond acceptors (Lipinski definition) is 4. The largest absolute Gasteiger partial charge is 0.261 e. The molecule has 4 rings (SSSR count). The van der Waals surface area contributed by atoms with Crippen LogP contribution in [0, 0.1) is 0 Å². The van der Waals surface area contributed by atoms with Crippen molar-refractivity contribution in [3.63, 3.8) is 0 Å². The molecule has 2 aromatic rings. The maximum atomic E-state index is 12.4. The van der Waals surface area contributed by atoms with Gasteiger partial charge in [-0.2, -0.15) is 0 Å². The summed E-state index contributed by atoms with van der Waals surface area (Å²) in [5.41, 5.74) is 4.74. The summed E-state index contributed by atoms with van der Waals surface area (Å²) in [6.45, 7) is 0. The van der Waals surface area contributed by atoms with E-state index < -0.39 is 18.1 Å². The molecule has 0 aromatic heterocycles. The third-order valence-electron chi connectivity index (χ3n) is 5.76. The van der Waals surface area contributed by atoms with Crippen LogP contribution >= 0.6 is 21.4 Å². The molecule has 2 aromatic carbocycles. The second-order valence-electron chi connectivity index (χ2n) is 7.44. The molecule has 0 atom stereocenters. The quantitative estimate of drug-likeness (QED) is 0.608. The number of fused-ring (bicyclic) bond motifs is 2. The van der Waals surface area contributed by atoms with E-state index in [9.17, 15) is 16.8 Å². The fraction of sp³-hybridized carbons (Fsp3) is 0.400. The normalized spacial score (nSPS) is 17.1. The number of aryl methyl sites for hydroxylation is 2. The molecule has 2 aliphatic rings. The minimum absolute atomic E-state index is 0.0321. The fourth-order valence-corrected chi connectivity index (χ4v) is 6.74. The van der Waals surface area contributed by atoms with E-state index in [-0.39, 0.29) is 9.79 Å². The molecule has 2 aliphatic carbocycles. The van der Waals surface area contributed by atoms with E-state index in [0.717, 1.165) is 60.8 Å². The maximum absolute atomic E-state index is 12.4. The first-order chi connectivity index (χ1) is 13.2. The Morgan fingerprint density at radius 1 is 0.571 bits per heavy atom. The molecule has 150 valence electrons. The van der Waals surface area contributed by atoms with Gasteiger partial charge in [-0.05, 0) is 85.8 Å². The molecule has 28 heavy (non-hydrogen) atoms. The lowest BCUT2D eigenvalue weighted by Gasteiger charge is -2.27. The van der Waals surface area contributed by atoms with E-state index in [0.29, 0.717) is 24.0 Å². The predicted molar refractivity (Wildman–Crippen MR) is 111 cm³/mol. The van der Waals surface area contributed by atoms with Gasteiger partial charge in [0.25, 0.3) is 18.1 Å². The lowest BCUT2D eigenvalue weighted by Crippen LogP contribution is -2.13. The average molecular weight is 459 g/mol. The molecule has 8 heteroatoms. The second kappa shape index (κ2) is 7.31. The first kappa shape index (κ1) is 20.2. The molecule has 0 aliphatic heterocycles. The Balaban J connectivity index is 2.18. The van der Waals surface area contributed by atoms with Crippen LogP contribution in [0.2, 0.25) is 0 Å². The van der Waals surface area contributed by atoms with Gasteiger partial charge in [0.1, 0.15) is 0 Å². The van der Waals surface area contributed by atoms with E-state index in [1.807, 2.05) is 0 Å². The first-order valence-electron chi connectivity index (χ1n) is 9.37. The Kier molecular flexibility index (Phi) is 5.28. The average Bonchev–Trinajstić information content (AvgIpc) is 2.64. The van der Waals surface area contributed by atoms with Crippen LogP contribution in [-0.2, 0) is 43.8 Å². The van der Waals surface area contributed by atoms with Crippen LogP contribution in [0.15, 0.2) is 34.1 Å². The van der Waals surface area contributed by atoms with Crippen LogP contribution in [0.1, 0.15) is 47.9 Å². The van der Waals surface area contributed by atoms with Crippen molar-refractivity contribution in [2.75, 3.05) is 0 Å². The maximum Gasteiger partial charge on any atom is 0.261 e. The minimum atomic E-state index is -4.07. The molecule has 0 N–H and O–H groups in total. The molecule has 0 spiro atoms. The van der Waals surface area contributed by atoms with Crippen LogP contribution in [0.5, 0.6) is 0 Å². The zero-order valence-electron chi connectivity index (χ0n) is 15.2. The van der Waals surface area contributed by atoms with Crippen molar-refractivity contribution in [2.24, 2.45) is 0 Å². The van der Waals surface area contributed by atoms with E-state index in [1.54, 1.807) is 12.1 Å². The predicted octanol–water partition coefficient (Wildman–Crippen LogP) is 4.97. The van der Waals surface area contributed by atoms with Crippen LogP contribution in [0.4, 0.5) is 0 Å². The Labute approximate surface area is 174 Å². The first-order valence-corrected chi connectivity index (χ1v) is 14.0. The second-order valence-corrected chi connectivity index (χ2v) is 12.5. The molecular weight excluding hydrogens is 439 g/mol. The van der Waals surface area contributed by atoms with E-state index >= 15 is 0 Å². The van der Waals surface area contributed by atoms with Gasteiger partial charge in [0.2, 0.25) is 0 Å². The SMILES string of the molecule is O=S(=O)(Cl)c1ccc2c(c1-c1c(S(=O)(=O)Cl)ccc3c1CCCC3)CCCC2. The van der Waals surface area contributed by atoms with Crippen molar-refractivity contribution in [3.05, 3.63) is 46.5 Å². The van der Waals surface area contributed by atoms with Crippen molar-refractivity contribution in [2.45, 2.75) is 61.2 Å². The molecule has 4 nitrogen and oxygen atoms in total. The van der Waals surface area contributed by atoms with Gasteiger partial charge in [-0.25, -0.2) is 16.8 Å². The molecule has 0 saturated heterocycles. The lowest BCUT2D eigenvalue weighted by atomic mass is 9.81. The lowest BCUT2D eigenvalue weighted by molar-refractivity contribution is 0.606. The summed E-state index contributed by atoms with van der Waals surface area (Å²) in [6, 6.07) is 6.62.